The van der Waals surface area contributed by atoms with Crippen LogP contribution in [0.3, 0.4) is 0 Å². The first-order valence-electron chi connectivity index (χ1n) is 9.89. The van der Waals surface area contributed by atoms with Crippen LogP contribution in [0.15, 0.2) is 53.6 Å². The summed E-state index contributed by atoms with van der Waals surface area (Å²) >= 11 is 0. The molecule has 0 saturated carbocycles. The number of aliphatic hydroxyl groups excluding tert-OH is 1. The smallest absolute Gasteiger partial charge is 0.303 e. The molecule has 1 atom stereocenters. The molecule has 0 bridgehead atoms. The van der Waals surface area contributed by atoms with E-state index >= 15 is 0 Å². The van der Waals surface area contributed by atoms with Gasteiger partial charge in [-0.25, -0.2) is 0 Å². The van der Waals surface area contributed by atoms with Gasteiger partial charge in [-0.05, 0) is 62.5 Å². The molecule has 1 unspecified atom stereocenters. The van der Waals surface area contributed by atoms with Crippen molar-refractivity contribution >= 4 is 11.8 Å². The lowest BCUT2D eigenvalue weighted by Crippen LogP contribution is -2.08. The van der Waals surface area contributed by atoms with E-state index in [-0.39, 0.29) is 18.3 Å². The zero-order valence-electron chi connectivity index (χ0n) is 15.9. The van der Waals surface area contributed by atoms with Gasteiger partial charge in [0, 0.05) is 12.8 Å². The number of Topliss-reactive ketones (excluding diaryl/α,β-unsaturated/α-hetero) is 1. The molecule has 0 amide bonds. The van der Waals surface area contributed by atoms with E-state index in [2.05, 4.69) is 12.1 Å². The monoisotopic (exact) mass is 370 g/mol. The molecule has 2 rings (SSSR count). The van der Waals surface area contributed by atoms with Crippen LogP contribution in [-0.2, 0) is 16.0 Å². The summed E-state index contributed by atoms with van der Waals surface area (Å²) in [4.78, 5) is 22.6. The molecule has 4 nitrogen and oxygen atoms in total. The highest BCUT2D eigenvalue weighted by molar-refractivity contribution is 5.98. The lowest BCUT2D eigenvalue weighted by molar-refractivity contribution is -0.137. The minimum atomic E-state index is -0.773. The van der Waals surface area contributed by atoms with Gasteiger partial charge in [0.25, 0.3) is 0 Å². The van der Waals surface area contributed by atoms with Crippen molar-refractivity contribution < 1.29 is 19.8 Å². The highest BCUT2D eigenvalue weighted by atomic mass is 16.4. The van der Waals surface area contributed by atoms with Crippen LogP contribution in [0.25, 0.3) is 0 Å². The lowest BCUT2D eigenvalue weighted by atomic mass is 9.98. The first kappa shape index (κ1) is 21.1. The van der Waals surface area contributed by atoms with Crippen LogP contribution in [0, 0.1) is 0 Å². The summed E-state index contributed by atoms with van der Waals surface area (Å²) in [6, 6.07) is 10.2. The van der Waals surface area contributed by atoms with Gasteiger partial charge >= 0.3 is 5.97 Å². The third-order valence-corrected chi connectivity index (χ3v) is 5.06. The average Bonchev–Trinajstić information content (AvgIpc) is 3.01. The lowest BCUT2D eigenvalue weighted by Gasteiger charge is -2.12. The van der Waals surface area contributed by atoms with E-state index in [4.69, 9.17) is 5.11 Å². The molecular formula is C23H30O4. The molecule has 1 aromatic carbocycles. The molecule has 0 aromatic heterocycles. The summed E-state index contributed by atoms with van der Waals surface area (Å²) in [7, 11) is 0. The first-order valence-corrected chi connectivity index (χ1v) is 9.89. The van der Waals surface area contributed by atoms with Gasteiger partial charge in [-0.15, -0.1) is 0 Å². The number of hydrogen-bond acceptors (Lipinski definition) is 3. The number of rotatable bonds is 12. The van der Waals surface area contributed by atoms with Crippen molar-refractivity contribution in [2.75, 3.05) is 0 Å². The molecule has 2 N–H and O–H groups in total. The summed E-state index contributed by atoms with van der Waals surface area (Å²) < 4.78 is 0. The maximum Gasteiger partial charge on any atom is 0.303 e. The molecule has 0 heterocycles. The van der Waals surface area contributed by atoms with Crippen LogP contribution >= 0.6 is 0 Å². The van der Waals surface area contributed by atoms with E-state index in [1.165, 1.54) is 11.1 Å². The van der Waals surface area contributed by atoms with Crippen LogP contribution in [0.2, 0.25) is 0 Å². The van der Waals surface area contributed by atoms with E-state index in [1.54, 1.807) is 0 Å². The number of ketones is 1. The van der Waals surface area contributed by atoms with Crippen molar-refractivity contribution in [2.24, 2.45) is 0 Å². The van der Waals surface area contributed by atoms with Gasteiger partial charge in [0.1, 0.15) is 0 Å². The number of aliphatic hydroxyl groups is 1. The minimum absolute atomic E-state index is 0.179. The Hall–Kier alpha value is -2.20. The van der Waals surface area contributed by atoms with Gasteiger partial charge < -0.3 is 10.2 Å². The fourth-order valence-corrected chi connectivity index (χ4v) is 3.45. The molecule has 4 heteroatoms. The number of carboxylic acids is 1. The van der Waals surface area contributed by atoms with Crippen LogP contribution < -0.4 is 0 Å². The molecule has 0 spiro atoms. The third kappa shape index (κ3) is 7.92. The Morgan fingerprint density at radius 2 is 1.81 bits per heavy atom. The van der Waals surface area contributed by atoms with Crippen LogP contribution in [0.1, 0.15) is 63.4 Å². The number of aryl methyl sites for hydroxylation is 1. The average molecular weight is 370 g/mol. The van der Waals surface area contributed by atoms with Crippen molar-refractivity contribution in [1.82, 2.24) is 0 Å². The standard InChI is InChI=1S/C23H30O4/c24-20(15-12-18-8-4-3-5-9-18)16-13-19-14-17-22(25)21(19)10-6-1-2-7-11-23(26)27/h1,3-6,8-9,20,24H,2,7,10-17H2,(H,26,27). The highest BCUT2D eigenvalue weighted by Crippen LogP contribution is 2.30. The van der Waals surface area contributed by atoms with E-state index in [1.807, 2.05) is 30.4 Å². The number of benzene rings is 1. The number of allylic oxidation sites excluding steroid dienone is 4. The fraction of sp³-hybridized carbons (Fsp3) is 0.478. The molecule has 0 radical (unpaired) electrons. The van der Waals surface area contributed by atoms with Crippen LogP contribution in [0.4, 0.5) is 0 Å². The molecule has 0 aliphatic heterocycles. The maximum absolute atomic E-state index is 12.1. The Bertz CT molecular complexity index is 673. The first-order chi connectivity index (χ1) is 13.1. The third-order valence-electron chi connectivity index (χ3n) is 5.06. The highest BCUT2D eigenvalue weighted by Gasteiger charge is 2.22. The largest absolute Gasteiger partial charge is 0.481 e. The number of carbonyl (C=O) groups is 2. The quantitative estimate of drug-likeness (QED) is 0.416. The normalized spacial score (nSPS) is 15.7. The number of carbonyl (C=O) groups excluding carboxylic acids is 1. The van der Waals surface area contributed by atoms with Gasteiger partial charge in [0.05, 0.1) is 6.10 Å². The van der Waals surface area contributed by atoms with Gasteiger partial charge in [0.2, 0.25) is 0 Å². The van der Waals surface area contributed by atoms with E-state index < -0.39 is 5.97 Å². The number of unbranched alkanes of at least 4 members (excludes halogenated alkanes) is 1. The Morgan fingerprint density at radius 1 is 1.07 bits per heavy atom. The number of aliphatic carboxylic acids is 1. The van der Waals surface area contributed by atoms with Crippen LogP contribution in [0.5, 0.6) is 0 Å². The topological polar surface area (TPSA) is 74.6 Å². The molecular weight excluding hydrogens is 340 g/mol. The molecule has 27 heavy (non-hydrogen) atoms. The predicted molar refractivity (Wildman–Crippen MR) is 107 cm³/mol. The van der Waals surface area contributed by atoms with Gasteiger partial charge in [-0.2, -0.15) is 0 Å². The SMILES string of the molecule is O=C(O)CCCC=CCC1=C(CCC(O)CCc2ccccc2)CCC1=O. The van der Waals surface area contributed by atoms with Gasteiger partial charge in [-0.1, -0.05) is 48.1 Å². The fourth-order valence-electron chi connectivity index (χ4n) is 3.45. The summed E-state index contributed by atoms with van der Waals surface area (Å²) in [5, 5.41) is 18.9. The maximum atomic E-state index is 12.1. The summed E-state index contributed by atoms with van der Waals surface area (Å²) in [6.07, 6.45) is 10.2. The number of hydrogen-bond donors (Lipinski definition) is 2. The van der Waals surface area contributed by atoms with E-state index in [0.29, 0.717) is 25.7 Å². The van der Waals surface area contributed by atoms with Crippen LogP contribution in [-0.4, -0.2) is 28.1 Å². The predicted octanol–water partition coefficient (Wildman–Crippen LogP) is 4.62. The van der Waals surface area contributed by atoms with E-state index in [9.17, 15) is 14.7 Å². The minimum Gasteiger partial charge on any atom is -0.481 e. The van der Waals surface area contributed by atoms with Crippen molar-refractivity contribution in [3.05, 3.63) is 59.2 Å². The second-order valence-electron chi connectivity index (χ2n) is 7.18. The molecule has 146 valence electrons. The molecule has 1 aliphatic carbocycles. The number of carboxylic acid groups (broad SMARTS) is 1. The second kappa shape index (κ2) is 11.5. The Balaban J connectivity index is 1.75. The summed E-state index contributed by atoms with van der Waals surface area (Å²) in [5.74, 6) is -0.552. The second-order valence-corrected chi connectivity index (χ2v) is 7.18. The molecule has 1 aliphatic rings. The Kier molecular flexibility index (Phi) is 8.99. The molecule has 0 fully saturated rings. The van der Waals surface area contributed by atoms with Gasteiger partial charge in [0.15, 0.2) is 5.78 Å². The summed E-state index contributed by atoms with van der Waals surface area (Å²) in [6.45, 7) is 0. The van der Waals surface area contributed by atoms with Gasteiger partial charge in [-0.3, -0.25) is 9.59 Å². The van der Waals surface area contributed by atoms with Crippen molar-refractivity contribution in [2.45, 2.75) is 70.3 Å². The zero-order chi connectivity index (χ0) is 19.5. The van der Waals surface area contributed by atoms with Crippen molar-refractivity contribution in [3.8, 4) is 0 Å². The summed E-state index contributed by atoms with van der Waals surface area (Å²) in [5.41, 5.74) is 3.33. The van der Waals surface area contributed by atoms with E-state index in [0.717, 1.165) is 37.7 Å². The van der Waals surface area contributed by atoms with Crippen molar-refractivity contribution in [3.63, 3.8) is 0 Å². The zero-order valence-corrected chi connectivity index (χ0v) is 15.9. The molecule has 1 aromatic rings. The Morgan fingerprint density at radius 3 is 2.56 bits per heavy atom. The Labute approximate surface area is 161 Å². The van der Waals surface area contributed by atoms with Crippen molar-refractivity contribution in [1.29, 1.82) is 0 Å². The molecule has 0 saturated heterocycles.